The van der Waals surface area contributed by atoms with Gasteiger partial charge >= 0.3 is 0 Å². The van der Waals surface area contributed by atoms with Gasteiger partial charge in [0.05, 0.1) is 5.57 Å². The van der Waals surface area contributed by atoms with Crippen LogP contribution in [-0.2, 0) is 4.79 Å². The molecule has 1 heterocycles. The number of rotatable bonds is 3. The molecule has 0 amide bonds. The molecular weight excluding hydrogens is 168 g/mol. The molecule has 0 N–H and O–H groups in total. The van der Waals surface area contributed by atoms with E-state index < -0.39 is 0 Å². The number of carbonyl (C=O) groups excluding carboxylic acids is 1. The predicted octanol–water partition coefficient (Wildman–Crippen LogP) is 1.70. The van der Waals surface area contributed by atoms with Crippen molar-refractivity contribution in [2.45, 2.75) is 13.8 Å². The van der Waals surface area contributed by atoms with Crippen LogP contribution in [0.2, 0.25) is 0 Å². The minimum absolute atomic E-state index is 0.380. The van der Waals surface area contributed by atoms with E-state index in [1.807, 2.05) is 13.8 Å². The topological polar surface area (TPSA) is 56.0 Å². The molecule has 0 radical (unpaired) electrons. The lowest BCUT2D eigenvalue weighted by atomic mass is 10.1. The summed E-state index contributed by atoms with van der Waals surface area (Å²) >= 11 is 0. The Hall–Kier alpha value is -1.71. The van der Waals surface area contributed by atoms with Gasteiger partial charge in [0.25, 0.3) is 0 Å². The third-order valence-corrected chi connectivity index (χ3v) is 1.61. The molecule has 0 aromatic carbocycles. The predicted molar refractivity (Wildman–Crippen MR) is 48.7 cm³/mol. The second-order valence-corrected chi connectivity index (χ2v) is 2.72. The summed E-state index contributed by atoms with van der Waals surface area (Å²) in [7, 11) is 0. The molecule has 1 rings (SSSR count). The molecule has 13 heavy (non-hydrogen) atoms. The maximum Gasteiger partial charge on any atom is 0.197 e. The normalized spacial score (nSPS) is 9.38. The van der Waals surface area contributed by atoms with Gasteiger partial charge < -0.3 is 4.52 Å². The molecule has 4 heteroatoms. The number of aldehydes is 1. The zero-order valence-electron chi connectivity index (χ0n) is 7.57. The Bertz CT molecular complexity index is 359. The van der Waals surface area contributed by atoms with Gasteiger partial charge in [-0.1, -0.05) is 12.2 Å². The lowest BCUT2D eigenvalue weighted by molar-refractivity contribution is -0.103. The van der Waals surface area contributed by atoms with E-state index in [0.29, 0.717) is 17.0 Å². The fourth-order valence-electron chi connectivity index (χ4n) is 0.917. The highest BCUT2D eigenvalue weighted by atomic mass is 16.5. The number of aromatic nitrogens is 2. The smallest absolute Gasteiger partial charge is 0.197 e. The molecule has 0 unspecified atom stereocenters. The highest BCUT2D eigenvalue weighted by molar-refractivity contribution is 6.07. The molecule has 1 aromatic rings. The van der Waals surface area contributed by atoms with Gasteiger partial charge in [-0.15, -0.1) is 5.10 Å². The fourth-order valence-corrected chi connectivity index (χ4v) is 0.917. The van der Waals surface area contributed by atoms with Gasteiger partial charge in [0.1, 0.15) is 5.69 Å². The average molecular weight is 178 g/mol. The lowest BCUT2D eigenvalue weighted by Gasteiger charge is -1.96. The summed E-state index contributed by atoms with van der Waals surface area (Å²) in [6, 6.07) is 0. The molecule has 0 saturated carbocycles. The van der Waals surface area contributed by atoms with Crippen molar-refractivity contribution < 1.29 is 9.32 Å². The van der Waals surface area contributed by atoms with E-state index in [1.54, 1.807) is 0 Å². The number of allylic oxidation sites excluding steroid dienone is 2. The Balaban J connectivity index is 3.27. The van der Waals surface area contributed by atoms with Gasteiger partial charge in [0.2, 0.25) is 0 Å². The van der Waals surface area contributed by atoms with E-state index in [1.165, 1.54) is 6.08 Å². The molecule has 0 bridgehead atoms. The SMILES string of the molecule is C=Cc1nnoc1C(C=O)=C(C)C. The summed E-state index contributed by atoms with van der Waals surface area (Å²) in [5.74, 6) is 0.380. The second kappa shape index (κ2) is 3.80. The molecule has 0 aliphatic carbocycles. The zero-order valence-corrected chi connectivity index (χ0v) is 7.57. The van der Waals surface area contributed by atoms with Gasteiger partial charge in [0.15, 0.2) is 12.0 Å². The third kappa shape index (κ3) is 1.72. The summed E-state index contributed by atoms with van der Waals surface area (Å²) in [6.07, 6.45) is 2.22. The monoisotopic (exact) mass is 178 g/mol. The minimum Gasteiger partial charge on any atom is -0.336 e. The maximum absolute atomic E-state index is 10.7. The van der Waals surface area contributed by atoms with Crippen LogP contribution in [-0.4, -0.2) is 16.7 Å². The van der Waals surface area contributed by atoms with Crippen LogP contribution in [0.25, 0.3) is 11.6 Å². The second-order valence-electron chi connectivity index (χ2n) is 2.72. The van der Waals surface area contributed by atoms with Crippen LogP contribution in [0, 0.1) is 0 Å². The molecule has 0 aliphatic rings. The number of hydrogen-bond donors (Lipinski definition) is 0. The first kappa shape index (κ1) is 9.38. The van der Waals surface area contributed by atoms with Gasteiger partial charge in [-0.25, -0.2) is 0 Å². The summed E-state index contributed by atoms with van der Waals surface area (Å²) in [5.41, 5.74) is 1.82. The maximum atomic E-state index is 10.7. The van der Waals surface area contributed by atoms with Gasteiger partial charge in [-0.2, -0.15) is 0 Å². The quantitative estimate of drug-likeness (QED) is 0.522. The fraction of sp³-hybridized carbons (Fsp3) is 0.222. The first-order chi connectivity index (χ1) is 6.20. The van der Waals surface area contributed by atoms with Crippen molar-refractivity contribution in [1.29, 1.82) is 0 Å². The Labute approximate surface area is 75.9 Å². The Morgan fingerprint density at radius 2 is 2.23 bits per heavy atom. The Kier molecular flexibility index (Phi) is 2.74. The molecule has 1 aromatic heterocycles. The summed E-state index contributed by atoms with van der Waals surface area (Å²) in [4.78, 5) is 10.7. The molecular formula is C9H10N2O2. The molecule has 0 atom stereocenters. The Morgan fingerprint density at radius 1 is 1.54 bits per heavy atom. The summed E-state index contributed by atoms with van der Waals surface area (Å²) in [5, 5.41) is 7.01. The van der Waals surface area contributed by atoms with E-state index in [4.69, 9.17) is 4.52 Å². The molecule has 0 aliphatic heterocycles. The molecule has 0 fully saturated rings. The van der Waals surface area contributed by atoms with E-state index in [2.05, 4.69) is 16.9 Å². The van der Waals surface area contributed by atoms with Gasteiger partial charge in [0, 0.05) is 5.27 Å². The first-order valence-electron chi connectivity index (χ1n) is 3.78. The molecule has 68 valence electrons. The van der Waals surface area contributed by atoms with Crippen LogP contribution >= 0.6 is 0 Å². The first-order valence-corrected chi connectivity index (χ1v) is 3.78. The van der Waals surface area contributed by atoms with Crippen LogP contribution in [0.4, 0.5) is 0 Å². The highest BCUT2D eigenvalue weighted by Crippen LogP contribution is 2.19. The number of nitrogens with zero attached hydrogens (tertiary/aromatic N) is 2. The van der Waals surface area contributed by atoms with Crippen LogP contribution in [0.5, 0.6) is 0 Å². The van der Waals surface area contributed by atoms with Crippen molar-refractivity contribution in [3.05, 3.63) is 23.6 Å². The standard InChI is InChI=1S/C9H10N2O2/c1-4-8-9(13-11-10-8)7(5-12)6(2)3/h4-5H,1H2,2-3H3. The average Bonchev–Trinajstić information content (AvgIpc) is 2.53. The third-order valence-electron chi connectivity index (χ3n) is 1.61. The number of hydrogen-bond acceptors (Lipinski definition) is 4. The molecule has 0 saturated heterocycles. The number of carbonyl (C=O) groups is 1. The van der Waals surface area contributed by atoms with Crippen molar-refractivity contribution in [2.24, 2.45) is 0 Å². The zero-order chi connectivity index (χ0) is 9.84. The van der Waals surface area contributed by atoms with E-state index in [-0.39, 0.29) is 0 Å². The van der Waals surface area contributed by atoms with E-state index in [0.717, 1.165) is 11.9 Å². The van der Waals surface area contributed by atoms with Crippen molar-refractivity contribution in [1.82, 2.24) is 10.4 Å². The van der Waals surface area contributed by atoms with Crippen molar-refractivity contribution >= 4 is 17.9 Å². The van der Waals surface area contributed by atoms with Crippen molar-refractivity contribution in [3.63, 3.8) is 0 Å². The van der Waals surface area contributed by atoms with Crippen LogP contribution < -0.4 is 0 Å². The largest absolute Gasteiger partial charge is 0.336 e. The summed E-state index contributed by atoms with van der Waals surface area (Å²) < 4.78 is 4.85. The molecule has 4 nitrogen and oxygen atoms in total. The van der Waals surface area contributed by atoms with Crippen molar-refractivity contribution in [3.8, 4) is 0 Å². The van der Waals surface area contributed by atoms with Crippen LogP contribution in [0.3, 0.4) is 0 Å². The van der Waals surface area contributed by atoms with Crippen molar-refractivity contribution in [2.75, 3.05) is 0 Å². The van der Waals surface area contributed by atoms with Gasteiger partial charge in [-0.05, 0) is 19.9 Å². The highest BCUT2D eigenvalue weighted by Gasteiger charge is 2.12. The van der Waals surface area contributed by atoms with Gasteiger partial charge in [-0.3, -0.25) is 4.79 Å². The Morgan fingerprint density at radius 3 is 2.69 bits per heavy atom. The molecule has 0 spiro atoms. The summed E-state index contributed by atoms with van der Waals surface area (Å²) in [6.45, 7) is 7.18. The van der Waals surface area contributed by atoms with E-state index >= 15 is 0 Å². The minimum atomic E-state index is 0.380. The van der Waals surface area contributed by atoms with Crippen LogP contribution in [0.15, 0.2) is 16.7 Å². The van der Waals surface area contributed by atoms with E-state index in [9.17, 15) is 4.79 Å². The lowest BCUT2D eigenvalue weighted by Crippen LogP contribution is -1.89. The van der Waals surface area contributed by atoms with Crippen LogP contribution in [0.1, 0.15) is 25.3 Å².